The summed E-state index contributed by atoms with van der Waals surface area (Å²) in [7, 11) is 0. The van der Waals surface area contributed by atoms with Gasteiger partial charge >= 0.3 is 0 Å². The number of aromatic nitrogens is 1. The van der Waals surface area contributed by atoms with Crippen LogP contribution in [-0.2, 0) is 4.79 Å². The number of thiocarbonyl (C=S) groups is 1. The van der Waals surface area contributed by atoms with Crippen LogP contribution in [0, 0.1) is 18.3 Å². The van der Waals surface area contributed by atoms with Gasteiger partial charge in [-0.15, -0.1) is 0 Å². The largest absolute Gasteiger partial charge is 0.494 e. The van der Waals surface area contributed by atoms with Crippen LogP contribution in [0.25, 0.3) is 6.08 Å². The summed E-state index contributed by atoms with van der Waals surface area (Å²) >= 11 is 12.3. The van der Waals surface area contributed by atoms with Crippen molar-refractivity contribution in [2.75, 3.05) is 6.54 Å². The van der Waals surface area contributed by atoms with Gasteiger partial charge in [-0.2, -0.15) is 5.26 Å². The molecule has 2 aromatic rings. The van der Waals surface area contributed by atoms with Crippen molar-refractivity contribution in [3.05, 3.63) is 66.8 Å². The van der Waals surface area contributed by atoms with E-state index in [0.29, 0.717) is 22.8 Å². The maximum Gasteiger partial charge on any atom is 0.271 e. The summed E-state index contributed by atoms with van der Waals surface area (Å²) in [6, 6.07) is 8.53. The SMILES string of the molecule is Cc1c(C(=O)CN2C(=O)/C(=C/c3ccc(Cl)cc3)SC2=S)c(O)n(C2CCCC2)c(=O)c1C#N. The van der Waals surface area contributed by atoms with Crippen LogP contribution in [0.15, 0.2) is 34.0 Å². The highest BCUT2D eigenvalue weighted by Crippen LogP contribution is 2.36. The van der Waals surface area contributed by atoms with Gasteiger partial charge in [0.2, 0.25) is 5.88 Å². The first-order valence-corrected chi connectivity index (χ1v) is 12.3. The number of thioether (sulfide) groups is 1. The number of carbonyl (C=O) groups is 2. The Morgan fingerprint density at radius 1 is 1.29 bits per heavy atom. The lowest BCUT2D eigenvalue weighted by Gasteiger charge is -2.21. The molecule has 1 N–H and O–H groups in total. The number of hydrogen-bond acceptors (Lipinski definition) is 7. The van der Waals surface area contributed by atoms with Crippen molar-refractivity contribution in [3.63, 3.8) is 0 Å². The lowest BCUT2D eigenvalue weighted by molar-refractivity contribution is -0.121. The van der Waals surface area contributed by atoms with Crippen LogP contribution in [-0.4, -0.2) is 37.1 Å². The zero-order chi connectivity index (χ0) is 24.6. The number of nitrogens with zero attached hydrogens (tertiary/aromatic N) is 3. The van der Waals surface area contributed by atoms with Gasteiger partial charge in [0.05, 0.1) is 17.0 Å². The number of pyridine rings is 1. The van der Waals surface area contributed by atoms with Gasteiger partial charge in [-0.1, -0.05) is 60.6 Å². The first kappa shape index (κ1) is 24.2. The highest BCUT2D eigenvalue weighted by atomic mass is 35.5. The second-order valence-electron chi connectivity index (χ2n) is 8.17. The van der Waals surface area contributed by atoms with Crippen LogP contribution in [0.2, 0.25) is 5.02 Å². The van der Waals surface area contributed by atoms with E-state index in [1.165, 1.54) is 11.8 Å². The predicted molar refractivity (Wildman–Crippen MR) is 135 cm³/mol. The van der Waals surface area contributed by atoms with E-state index in [1.54, 1.807) is 30.3 Å². The molecule has 174 valence electrons. The number of nitriles is 1. The first-order valence-electron chi connectivity index (χ1n) is 10.6. The van der Waals surface area contributed by atoms with Crippen molar-refractivity contribution in [2.24, 2.45) is 0 Å². The van der Waals surface area contributed by atoms with E-state index >= 15 is 0 Å². The number of halogens is 1. The molecule has 2 aliphatic rings. The second-order valence-corrected chi connectivity index (χ2v) is 10.3. The fourth-order valence-electron chi connectivity index (χ4n) is 4.33. The number of aromatic hydroxyl groups is 1. The van der Waals surface area contributed by atoms with Crippen LogP contribution < -0.4 is 5.56 Å². The molecule has 1 aliphatic carbocycles. The highest BCUT2D eigenvalue weighted by Gasteiger charge is 2.36. The molecule has 7 nitrogen and oxygen atoms in total. The topological polar surface area (TPSA) is 103 Å². The monoisotopic (exact) mass is 513 g/mol. The molecule has 10 heteroatoms. The maximum absolute atomic E-state index is 13.3. The number of hydrogen-bond donors (Lipinski definition) is 1. The van der Waals surface area contributed by atoms with Crippen LogP contribution in [0.3, 0.4) is 0 Å². The van der Waals surface area contributed by atoms with E-state index in [1.807, 2.05) is 6.07 Å². The molecule has 1 amide bonds. The minimum absolute atomic E-state index is 0.103. The molecular weight excluding hydrogens is 494 g/mol. The quantitative estimate of drug-likeness (QED) is 0.354. The van der Waals surface area contributed by atoms with Crippen LogP contribution in [0.4, 0.5) is 0 Å². The Labute approximate surface area is 210 Å². The standard InChI is InChI=1S/C24H20ClN3O4S2/c1-13-17(11-26)21(30)28(16-4-2-3-5-16)23(32)20(13)18(29)12-27-22(31)19(34-24(27)33)10-14-6-8-15(25)9-7-14/h6-10,16,32H,2-5,12H2,1H3/b19-10-. The van der Waals surface area contributed by atoms with Gasteiger partial charge in [0.15, 0.2) is 5.78 Å². The molecule has 0 atom stereocenters. The molecule has 34 heavy (non-hydrogen) atoms. The van der Waals surface area contributed by atoms with Gasteiger partial charge in [0.1, 0.15) is 16.0 Å². The number of Topliss-reactive ketones (excluding diaryl/α,β-unsaturated/α-hetero) is 1. The third kappa shape index (κ3) is 4.41. The molecule has 1 aromatic carbocycles. The summed E-state index contributed by atoms with van der Waals surface area (Å²) in [6.45, 7) is 1.04. The smallest absolute Gasteiger partial charge is 0.271 e. The Morgan fingerprint density at radius 3 is 2.56 bits per heavy atom. The Balaban J connectivity index is 1.66. The van der Waals surface area contributed by atoms with Gasteiger partial charge in [0, 0.05) is 11.1 Å². The zero-order valence-corrected chi connectivity index (χ0v) is 20.6. The van der Waals surface area contributed by atoms with Crippen molar-refractivity contribution in [2.45, 2.75) is 38.6 Å². The van der Waals surface area contributed by atoms with Gasteiger partial charge in [-0.25, -0.2) is 0 Å². The van der Waals surface area contributed by atoms with E-state index in [2.05, 4.69) is 0 Å². The molecule has 1 aliphatic heterocycles. The molecule has 0 bridgehead atoms. The van der Waals surface area contributed by atoms with Crippen molar-refractivity contribution in [1.82, 2.24) is 9.47 Å². The number of carbonyl (C=O) groups excluding carboxylic acids is 2. The Kier molecular flexibility index (Phi) is 6.94. The van der Waals surface area contributed by atoms with Crippen molar-refractivity contribution >= 4 is 57.7 Å². The molecule has 1 saturated heterocycles. The van der Waals surface area contributed by atoms with Crippen LogP contribution >= 0.6 is 35.6 Å². The summed E-state index contributed by atoms with van der Waals surface area (Å²) in [5, 5.41) is 21.1. The number of amides is 1. The van der Waals surface area contributed by atoms with E-state index in [-0.39, 0.29) is 27.1 Å². The molecule has 2 heterocycles. The predicted octanol–water partition coefficient (Wildman–Crippen LogP) is 4.59. The summed E-state index contributed by atoms with van der Waals surface area (Å²) in [5.74, 6) is -1.48. The Hall–Kier alpha value is -2.93. The van der Waals surface area contributed by atoms with E-state index in [9.17, 15) is 24.8 Å². The fourth-order valence-corrected chi connectivity index (χ4v) is 5.71. The van der Waals surface area contributed by atoms with E-state index < -0.39 is 29.7 Å². The van der Waals surface area contributed by atoms with E-state index in [0.717, 1.165) is 34.7 Å². The minimum atomic E-state index is -0.600. The third-order valence-corrected chi connectivity index (χ3v) is 7.69. The van der Waals surface area contributed by atoms with Gasteiger partial charge in [0.25, 0.3) is 11.5 Å². The van der Waals surface area contributed by atoms with Gasteiger partial charge in [-0.05, 0) is 49.1 Å². The summed E-state index contributed by atoms with van der Waals surface area (Å²) < 4.78 is 1.37. The molecule has 0 spiro atoms. The average molecular weight is 514 g/mol. The van der Waals surface area contributed by atoms with Crippen LogP contribution in [0.1, 0.15) is 58.8 Å². The number of rotatable bonds is 5. The third-order valence-electron chi connectivity index (χ3n) is 6.06. The maximum atomic E-state index is 13.3. The molecule has 1 aromatic heterocycles. The number of ketones is 1. The summed E-state index contributed by atoms with van der Waals surface area (Å²) in [5.41, 5.74) is -0.0456. The number of benzene rings is 1. The highest BCUT2D eigenvalue weighted by molar-refractivity contribution is 8.26. The summed E-state index contributed by atoms with van der Waals surface area (Å²) in [4.78, 5) is 40.7. The summed E-state index contributed by atoms with van der Waals surface area (Å²) in [6.07, 6.45) is 4.81. The Bertz CT molecular complexity index is 1340. The normalized spacial score (nSPS) is 17.6. The van der Waals surface area contributed by atoms with E-state index in [4.69, 9.17) is 23.8 Å². The first-order chi connectivity index (χ1) is 16.2. The average Bonchev–Trinajstić information content (AvgIpc) is 3.40. The lowest BCUT2D eigenvalue weighted by Crippen LogP contribution is -2.35. The molecule has 1 saturated carbocycles. The zero-order valence-electron chi connectivity index (χ0n) is 18.2. The Morgan fingerprint density at radius 2 is 1.94 bits per heavy atom. The second kappa shape index (κ2) is 9.74. The fraction of sp³-hybridized carbons (Fsp3) is 0.292. The van der Waals surface area contributed by atoms with Gasteiger partial charge in [-0.3, -0.25) is 23.9 Å². The molecule has 2 fully saturated rings. The molecule has 4 rings (SSSR count). The molecular formula is C24H20ClN3O4S2. The van der Waals surface area contributed by atoms with Crippen LogP contribution in [0.5, 0.6) is 5.88 Å². The van der Waals surface area contributed by atoms with Crippen molar-refractivity contribution < 1.29 is 14.7 Å². The lowest BCUT2D eigenvalue weighted by atomic mass is 10.0. The van der Waals surface area contributed by atoms with Crippen molar-refractivity contribution in [3.8, 4) is 11.9 Å². The van der Waals surface area contributed by atoms with Gasteiger partial charge < -0.3 is 5.11 Å². The van der Waals surface area contributed by atoms with Crippen molar-refractivity contribution in [1.29, 1.82) is 5.26 Å². The minimum Gasteiger partial charge on any atom is -0.494 e. The molecule has 0 radical (unpaired) electrons. The molecule has 0 unspecified atom stereocenters.